The largest absolute Gasteiger partial charge is 0.419 e. The van der Waals surface area contributed by atoms with Gasteiger partial charge in [-0.2, -0.15) is 44.8 Å². The zero-order valence-corrected chi connectivity index (χ0v) is 20.4. The molecule has 2 nitrogen and oxygen atoms in total. The molecule has 0 fully saturated rings. The summed E-state index contributed by atoms with van der Waals surface area (Å²) in [7, 11) is 0. The van der Waals surface area contributed by atoms with Crippen LogP contribution in [0.5, 0.6) is 0 Å². The van der Waals surface area contributed by atoms with Gasteiger partial charge in [-0.3, -0.25) is 0 Å². The number of halogens is 10. The van der Waals surface area contributed by atoms with Crippen molar-refractivity contribution in [1.29, 1.82) is 5.26 Å². The lowest BCUT2D eigenvalue weighted by Crippen LogP contribution is -2.42. The highest BCUT2D eigenvalue weighted by molar-refractivity contribution is 5.65. The highest BCUT2D eigenvalue weighted by atomic mass is 19.4. The van der Waals surface area contributed by atoms with E-state index in [1.807, 2.05) is 6.07 Å². The van der Waals surface area contributed by atoms with E-state index >= 15 is 0 Å². The van der Waals surface area contributed by atoms with Crippen LogP contribution in [0.25, 0.3) is 5.70 Å². The maximum absolute atomic E-state index is 13.9. The van der Waals surface area contributed by atoms with E-state index in [0.717, 1.165) is 18.2 Å². The van der Waals surface area contributed by atoms with Crippen LogP contribution in [-0.4, -0.2) is 12.4 Å². The van der Waals surface area contributed by atoms with Gasteiger partial charge in [-0.05, 0) is 46.0 Å². The average Bonchev–Trinajstić information content (AvgIpc) is 2.81. The third kappa shape index (κ3) is 7.55. The third-order valence-corrected chi connectivity index (χ3v) is 5.98. The Bertz CT molecular complexity index is 1350. The monoisotopic (exact) mass is 574 g/mol. The Labute approximate surface area is 222 Å². The highest BCUT2D eigenvalue weighted by Crippen LogP contribution is 2.39. The summed E-state index contributed by atoms with van der Waals surface area (Å²) in [6.45, 7) is 3.69. The van der Waals surface area contributed by atoms with Crippen LogP contribution in [0.2, 0.25) is 0 Å². The standard InChI is InChI=1S/C28H20F10N2/c1-17(20-8-9-24(29)23(14-20)28(36,37)38)40-25(10-11-39,21-6-2-4-18(12-21)15-26(30,31)32)22-7-3-5-19(13-22)16-27(33,34)35/h2-9,12-14,40H,1,10,15-16H2. The van der Waals surface area contributed by atoms with Crippen LogP contribution in [0, 0.1) is 17.1 Å². The van der Waals surface area contributed by atoms with Crippen molar-refractivity contribution in [3.05, 3.63) is 113 Å². The van der Waals surface area contributed by atoms with Crippen LogP contribution in [-0.2, 0) is 24.6 Å². The van der Waals surface area contributed by atoms with E-state index in [1.54, 1.807) is 0 Å². The van der Waals surface area contributed by atoms with E-state index in [2.05, 4.69) is 11.9 Å². The summed E-state index contributed by atoms with van der Waals surface area (Å²) in [5.41, 5.74) is -4.46. The van der Waals surface area contributed by atoms with Gasteiger partial charge in [0.15, 0.2) is 0 Å². The molecule has 1 N–H and O–H groups in total. The molecule has 0 saturated heterocycles. The van der Waals surface area contributed by atoms with E-state index in [1.165, 1.54) is 36.4 Å². The molecule has 0 aliphatic heterocycles. The van der Waals surface area contributed by atoms with E-state index < -0.39 is 54.7 Å². The first kappa shape index (κ1) is 30.5. The zero-order valence-electron chi connectivity index (χ0n) is 20.4. The van der Waals surface area contributed by atoms with Crippen LogP contribution >= 0.6 is 0 Å². The SMILES string of the molecule is C=C(NC(CC#N)(c1cccc(CC(F)(F)F)c1)c1cccc(CC(F)(F)F)c1)c1ccc(F)c(C(F)(F)F)c1. The number of nitriles is 1. The maximum Gasteiger partial charge on any atom is 0.419 e. The minimum atomic E-state index is -5.07. The molecule has 40 heavy (non-hydrogen) atoms. The van der Waals surface area contributed by atoms with Gasteiger partial charge in [0, 0.05) is 5.70 Å². The molecule has 0 unspecified atom stereocenters. The van der Waals surface area contributed by atoms with Crippen molar-refractivity contribution in [2.45, 2.75) is 43.3 Å². The molecule has 0 amide bonds. The van der Waals surface area contributed by atoms with Crippen molar-refractivity contribution < 1.29 is 43.9 Å². The quantitative estimate of drug-likeness (QED) is 0.274. The number of alkyl halides is 9. The Morgan fingerprint density at radius 1 is 0.750 bits per heavy atom. The lowest BCUT2D eigenvalue weighted by Gasteiger charge is -2.37. The highest BCUT2D eigenvalue weighted by Gasteiger charge is 2.38. The summed E-state index contributed by atoms with van der Waals surface area (Å²) in [5.74, 6) is -1.56. The van der Waals surface area contributed by atoms with Gasteiger partial charge in [0.2, 0.25) is 0 Å². The molecule has 3 aromatic rings. The van der Waals surface area contributed by atoms with E-state index in [4.69, 9.17) is 0 Å². The Hall–Kier alpha value is -4.01. The van der Waals surface area contributed by atoms with Gasteiger partial charge < -0.3 is 5.32 Å². The predicted octanol–water partition coefficient (Wildman–Crippen LogP) is 8.47. The molecule has 0 radical (unpaired) electrons. The molecule has 0 saturated carbocycles. The number of hydrogen-bond donors (Lipinski definition) is 1. The molecule has 0 aromatic heterocycles. The minimum absolute atomic E-state index is 0.0132. The Morgan fingerprint density at radius 3 is 1.68 bits per heavy atom. The number of rotatable bonds is 8. The molecule has 3 rings (SSSR count). The molecule has 0 heterocycles. The van der Waals surface area contributed by atoms with Crippen molar-refractivity contribution in [3.63, 3.8) is 0 Å². The van der Waals surface area contributed by atoms with Crippen LogP contribution in [0.4, 0.5) is 43.9 Å². The summed E-state index contributed by atoms with van der Waals surface area (Å²) in [5, 5.41) is 12.5. The van der Waals surface area contributed by atoms with Crippen molar-refractivity contribution in [2.24, 2.45) is 0 Å². The Kier molecular flexibility index (Phi) is 8.57. The number of nitrogens with zero attached hydrogens (tertiary/aromatic N) is 1. The normalized spacial score (nSPS) is 12.6. The van der Waals surface area contributed by atoms with Crippen molar-refractivity contribution in [2.75, 3.05) is 0 Å². The molecular weight excluding hydrogens is 554 g/mol. The van der Waals surface area contributed by atoms with E-state index in [9.17, 15) is 49.2 Å². The van der Waals surface area contributed by atoms with Gasteiger partial charge in [-0.1, -0.05) is 55.1 Å². The molecule has 0 bridgehead atoms. The molecule has 0 atom stereocenters. The zero-order chi connectivity index (χ0) is 29.9. The fraction of sp³-hybridized carbons (Fsp3) is 0.250. The van der Waals surface area contributed by atoms with Crippen molar-refractivity contribution in [1.82, 2.24) is 5.32 Å². The Morgan fingerprint density at radius 2 is 1.25 bits per heavy atom. The van der Waals surface area contributed by atoms with E-state index in [0.29, 0.717) is 12.1 Å². The van der Waals surface area contributed by atoms with Crippen molar-refractivity contribution >= 4 is 5.70 Å². The summed E-state index contributed by atoms with van der Waals surface area (Å²) in [6, 6.07) is 13.5. The minimum Gasteiger partial charge on any atom is -0.371 e. The lowest BCUT2D eigenvalue weighted by atomic mass is 9.78. The van der Waals surface area contributed by atoms with Gasteiger partial charge >= 0.3 is 18.5 Å². The first-order valence-electron chi connectivity index (χ1n) is 11.5. The van der Waals surface area contributed by atoms with Crippen LogP contribution in [0.15, 0.2) is 73.3 Å². The maximum atomic E-state index is 13.9. The van der Waals surface area contributed by atoms with E-state index in [-0.39, 0.29) is 33.5 Å². The smallest absolute Gasteiger partial charge is 0.371 e. The van der Waals surface area contributed by atoms with Crippen molar-refractivity contribution in [3.8, 4) is 6.07 Å². The summed E-state index contributed by atoms with van der Waals surface area (Å²) < 4.78 is 133. The number of benzene rings is 3. The second-order valence-corrected chi connectivity index (χ2v) is 9.02. The molecule has 12 heteroatoms. The van der Waals surface area contributed by atoms with Gasteiger partial charge in [0.05, 0.1) is 30.9 Å². The predicted molar refractivity (Wildman–Crippen MR) is 127 cm³/mol. The molecule has 212 valence electrons. The topological polar surface area (TPSA) is 35.8 Å². The molecule has 0 spiro atoms. The van der Waals surface area contributed by atoms with Crippen LogP contribution in [0.3, 0.4) is 0 Å². The first-order chi connectivity index (χ1) is 18.4. The summed E-state index contributed by atoms with van der Waals surface area (Å²) in [4.78, 5) is 0. The Balaban J connectivity index is 2.23. The molecule has 0 aliphatic rings. The van der Waals surface area contributed by atoms with Gasteiger partial charge in [0.1, 0.15) is 11.4 Å². The van der Waals surface area contributed by atoms with Crippen LogP contribution < -0.4 is 5.32 Å². The number of hydrogen-bond acceptors (Lipinski definition) is 2. The lowest BCUT2D eigenvalue weighted by molar-refractivity contribution is -0.140. The number of nitrogens with one attached hydrogen (secondary N) is 1. The summed E-state index contributed by atoms with van der Waals surface area (Å²) in [6.07, 6.45) is -17.6. The average molecular weight is 574 g/mol. The first-order valence-corrected chi connectivity index (χ1v) is 11.5. The van der Waals surface area contributed by atoms with Gasteiger partial charge in [-0.15, -0.1) is 0 Å². The fourth-order valence-electron chi connectivity index (χ4n) is 4.29. The third-order valence-electron chi connectivity index (χ3n) is 5.98. The molecular formula is C28H20F10N2. The van der Waals surface area contributed by atoms with Crippen LogP contribution in [0.1, 0.15) is 39.8 Å². The second kappa shape index (κ2) is 11.2. The van der Waals surface area contributed by atoms with Gasteiger partial charge in [0.25, 0.3) is 0 Å². The molecule has 0 aliphatic carbocycles. The molecule has 3 aromatic carbocycles. The second-order valence-electron chi connectivity index (χ2n) is 9.02. The van der Waals surface area contributed by atoms with Gasteiger partial charge in [-0.25, -0.2) is 4.39 Å². The summed E-state index contributed by atoms with van der Waals surface area (Å²) >= 11 is 0. The fourth-order valence-corrected chi connectivity index (χ4v) is 4.29.